The van der Waals surface area contributed by atoms with E-state index in [1.165, 1.54) is 65.8 Å². The molecule has 0 amide bonds. The highest BCUT2D eigenvalue weighted by Gasteiger charge is 2.13. The largest absolute Gasteiger partial charge is 0.310 e. The van der Waals surface area contributed by atoms with E-state index in [2.05, 4.69) is 143 Å². The Hall–Kier alpha value is -4.82. The van der Waals surface area contributed by atoms with E-state index >= 15 is 0 Å². The van der Waals surface area contributed by atoms with Crippen molar-refractivity contribution in [1.29, 1.82) is 0 Å². The highest BCUT2D eigenvalue weighted by molar-refractivity contribution is 6.09. The lowest BCUT2D eigenvalue weighted by atomic mass is 10.0. The van der Waals surface area contributed by atoms with E-state index in [-0.39, 0.29) is 0 Å². The monoisotopic (exact) mass is 486 g/mol. The number of nitrogens with zero attached hydrogens (tertiary/aromatic N) is 2. The number of fused-ring (bicyclic) bond motifs is 6. The molecule has 2 aromatic heterocycles. The van der Waals surface area contributed by atoms with Crippen molar-refractivity contribution in [3.05, 3.63) is 132 Å². The van der Waals surface area contributed by atoms with Crippen LogP contribution >= 0.6 is 0 Å². The summed E-state index contributed by atoms with van der Waals surface area (Å²) in [5.74, 6) is 0. The molecule has 0 N–H and O–H groups in total. The second-order valence-electron chi connectivity index (χ2n) is 10.1. The third-order valence-corrected chi connectivity index (χ3v) is 7.97. The molecule has 0 radical (unpaired) electrons. The molecule has 38 heavy (non-hydrogen) atoms. The molecule has 2 nitrogen and oxygen atoms in total. The second-order valence-corrected chi connectivity index (χ2v) is 10.1. The highest BCUT2D eigenvalue weighted by atomic mass is 15.0. The van der Waals surface area contributed by atoms with Crippen molar-refractivity contribution < 1.29 is 0 Å². The van der Waals surface area contributed by atoms with Crippen molar-refractivity contribution >= 4 is 44.9 Å². The van der Waals surface area contributed by atoms with Crippen LogP contribution in [0.2, 0.25) is 0 Å². The van der Waals surface area contributed by atoms with Gasteiger partial charge in [0, 0.05) is 38.1 Å². The number of para-hydroxylation sites is 3. The van der Waals surface area contributed by atoms with Gasteiger partial charge in [-0.3, -0.25) is 0 Å². The van der Waals surface area contributed by atoms with Crippen molar-refractivity contribution in [2.45, 2.75) is 12.8 Å². The lowest BCUT2D eigenvalue weighted by molar-refractivity contribution is 1.02. The predicted octanol–water partition coefficient (Wildman–Crippen LogP) is 7.75. The van der Waals surface area contributed by atoms with E-state index in [0.717, 1.165) is 12.8 Å². The molecule has 0 saturated heterocycles. The predicted molar refractivity (Wildman–Crippen MR) is 160 cm³/mol. The Labute approximate surface area is 221 Å². The minimum absolute atomic E-state index is 1.10. The van der Waals surface area contributed by atoms with Gasteiger partial charge in [-0.25, -0.2) is 0 Å². The molecular formula is C36H26N2. The van der Waals surface area contributed by atoms with E-state index in [9.17, 15) is 0 Å². The van der Waals surface area contributed by atoms with Crippen molar-refractivity contribution in [2.75, 3.05) is 0 Å². The summed E-state index contributed by atoms with van der Waals surface area (Å²) in [4.78, 5) is 0. The minimum Gasteiger partial charge on any atom is -0.310 e. The van der Waals surface area contributed by atoms with Crippen LogP contribution < -0.4 is 10.6 Å². The average Bonchev–Trinajstić information content (AvgIpc) is 3.51. The van der Waals surface area contributed by atoms with Gasteiger partial charge in [0.25, 0.3) is 0 Å². The van der Waals surface area contributed by atoms with Crippen LogP contribution in [0.3, 0.4) is 0 Å². The molecule has 7 aromatic rings. The van der Waals surface area contributed by atoms with E-state index in [4.69, 9.17) is 0 Å². The maximum absolute atomic E-state index is 2.41. The first kappa shape index (κ1) is 21.3. The molecule has 0 aliphatic heterocycles. The minimum atomic E-state index is 1.10. The summed E-state index contributed by atoms with van der Waals surface area (Å²) in [7, 11) is 0. The molecule has 0 saturated carbocycles. The Kier molecular flexibility index (Phi) is 4.68. The number of aromatic nitrogens is 2. The van der Waals surface area contributed by atoms with Crippen LogP contribution in [0.25, 0.3) is 67.4 Å². The normalized spacial score (nSPS) is 12.9. The maximum atomic E-state index is 2.41. The van der Waals surface area contributed by atoms with E-state index in [0.29, 0.717) is 0 Å². The van der Waals surface area contributed by atoms with Gasteiger partial charge in [-0.15, -0.1) is 0 Å². The van der Waals surface area contributed by atoms with Gasteiger partial charge >= 0.3 is 0 Å². The molecule has 0 atom stereocenters. The summed E-state index contributed by atoms with van der Waals surface area (Å²) in [6.45, 7) is 0. The van der Waals surface area contributed by atoms with Crippen molar-refractivity contribution in [3.8, 4) is 22.5 Å². The molecule has 1 aliphatic rings. The van der Waals surface area contributed by atoms with Gasteiger partial charge in [0.15, 0.2) is 0 Å². The fourth-order valence-electron chi connectivity index (χ4n) is 6.23. The first-order chi connectivity index (χ1) is 18.9. The van der Waals surface area contributed by atoms with E-state index in [1.807, 2.05) is 0 Å². The molecular weight excluding hydrogens is 460 g/mol. The average molecular weight is 487 g/mol. The molecule has 8 rings (SSSR count). The Morgan fingerprint density at radius 3 is 1.42 bits per heavy atom. The fourth-order valence-corrected chi connectivity index (χ4v) is 6.23. The number of hydrogen-bond acceptors (Lipinski definition) is 0. The Morgan fingerprint density at radius 2 is 0.842 bits per heavy atom. The van der Waals surface area contributed by atoms with Gasteiger partial charge < -0.3 is 9.13 Å². The molecule has 180 valence electrons. The molecule has 1 aliphatic carbocycles. The summed E-state index contributed by atoms with van der Waals surface area (Å²) in [6, 6.07) is 44.0. The van der Waals surface area contributed by atoms with Gasteiger partial charge in [-0.05, 0) is 66.4 Å². The van der Waals surface area contributed by atoms with Crippen molar-refractivity contribution in [2.24, 2.45) is 0 Å². The topological polar surface area (TPSA) is 9.86 Å². The van der Waals surface area contributed by atoms with Crippen LogP contribution in [0.5, 0.6) is 0 Å². The fraction of sp³-hybridized carbons (Fsp3) is 0.0556. The third-order valence-electron chi connectivity index (χ3n) is 7.97. The zero-order valence-corrected chi connectivity index (χ0v) is 21.0. The number of rotatable bonds is 3. The van der Waals surface area contributed by atoms with E-state index in [1.54, 1.807) is 0 Å². The quantitative estimate of drug-likeness (QED) is 0.242. The van der Waals surface area contributed by atoms with Crippen LogP contribution in [0.4, 0.5) is 0 Å². The standard InChI is InChI=1S/C36H26N2/c1-5-13-33-29(9-1)30-10-2-6-14-34(30)37(33)27-21-17-25(18-22-27)26-19-23-28(24-20-26)38-35-15-7-3-11-31(35)32-12-4-8-16-36(32)38/h1-3,5-7,9-24H,4,8H2. The van der Waals surface area contributed by atoms with Crippen LogP contribution in [0.15, 0.2) is 121 Å². The molecule has 0 fully saturated rings. The molecule has 5 aromatic carbocycles. The SMILES string of the molecule is C1=c2c(n(-c3ccc(-c4ccc(-n5c6ccccc6c6ccccc65)cc4)cc3)c3ccccc23)=CCC1. The first-order valence-electron chi connectivity index (χ1n) is 13.4. The van der Waals surface area contributed by atoms with Crippen LogP contribution in [-0.2, 0) is 0 Å². The van der Waals surface area contributed by atoms with Crippen molar-refractivity contribution in [1.82, 2.24) is 9.13 Å². The van der Waals surface area contributed by atoms with Gasteiger partial charge in [0.1, 0.15) is 0 Å². The zero-order chi connectivity index (χ0) is 25.1. The summed E-state index contributed by atoms with van der Waals surface area (Å²) in [6.07, 6.45) is 6.99. The molecule has 2 heteroatoms. The number of benzene rings is 5. The Morgan fingerprint density at radius 1 is 0.395 bits per heavy atom. The van der Waals surface area contributed by atoms with Crippen LogP contribution in [0, 0.1) is 0 Å². The summed E-state index contributed by atoms with van der Waals surface area (Å²) >= 11 is 0. The Balaban J connectivity index is 1.20. The smallest absolute Gasteiger partial charge is 0.0541 e. The van der Waals surface area contributed by atoms with Gasteiger partial charge in [-0.2, -0.15) is 0 Å². The van der Waals surface area contributed by atoms with Crippen molar-refractivity contribution in [3.63, 3.8) is 0 Å². The van der Waals surface area contributed by atoms with E-state index < -0.39 is 0 Å². The van der Waals surface area contributed by atoms with Gasteiger partial charge in [0.2, 0.25) is 0 Å². The highest BCUT2D eigenvalue weighted by Crippen LogP contribution is 2.32. The number of hydrogen-bond donors (Lipinski definition) is 0. The zero-order valence-electron chi connectivity index (χ0n) is 21.0. The third kappa shape index (κ3) is 3.13. The first-order valence-corrected chi connectivity index (χ1v) is 13.4. The molecule has 2 heterocycles. The maximum Gasteiger partial charge on any atom is 0.0541 e. The summed E-state index contributed by atoms with van der Waals surface area (Å²) in [5, 5.41) is 6.61. The van der Waals surface area contributed by atoms with Crippen LogP contribution in [0.1, 0.15) is 12.8 Å². The summed E-state index contributed by atoms with van der Waals surface area (Å²) < 4.78 is 4.78. The van der Waals surface area contributed by atoms with Crippen LogP contribution in [-0.4, -0.2) is 9.13 Å². The molecule has 0 spiro atoms. The summed E-state index contributed by atoms with van der Waals surface area (Å²) in [5.41, 5.74) is 8.59. The molecule has 0 unspecified atom stereocenters. The lowest BCUT2D eigenvalue weighted by Gasteiger charge is -2.11. The Bertz CT molecular complexity index is 2050. The second kappa shape index (κ2) is 8.36. The molecule has 0 bridgehead atoms. The van der Waals surface area contributed by atoms with Gasteiger partial charge in [0.05, 0.1) is 16.6 Å². The lowest BCUT2D eigenvalue weighted by Crippen LogP contribution is -2.30. The van der Waals surface area contributed by atoms with Gasteiger partial charge in [-0.1, -0.05) is 91.0 Å².